The van der Waals surface area contributed by atoms with E-state index in [9.17, 15) is 9.18 Å². The number of azide groups is 1. The number of ether oxygens (including phenoxy) is 1. The molecule has 3 rings (SSSR count). The minimum atomic E-state index is -0.333. The van der Waals surface area contributed by atoms with Crippen molar-refractivity contribution in [3.05, 3.63) is 45.7 Å². The molecule has 1 aromatic heterocycles. The van der Waals surface area contributed by atoms with Crippen LogP contribution in [-0.4, -0.2) is 23.2 Å². The van der Waals surface area contributed by atoms with Crippen LogP contribution in [-0.2, 0) is 28.9 Å². The van der Waals surface area contributed by atoms with Crippen LogP contribution < -0.4 is 0 Å². The SMILES string of the molecule is CCOC(=O)Cc1c2n(c3c(F)cccc13)CC(N=[N+]=[N-])CC2. The number of halogens is 1. The predicted octanol–water partition coefficient (Wildman–Crippen LogP) is 3.51. The monoisotopic (exact) mass is 316 g/mol. The number of hydrogen-bond donors (Lipinski definition) is 0. The summed E-state index contributed by atoms with van der Waals surface area (Å²) >= 11 is 0. The van der Waals surface area contributed by atoms with E-state index in [2.05, 4.69) is 10.0 Å². The lowest BCUT2D eigenvalue weighted by molar-refractivity contribution is -0.142. The zero-order chi connectivity index (χ0) is 16.4. The van der Waals surface area contributed by atoms with Gasteiger partial charge in [-0.2, -0.15) is 0 Å². The third-order valence-corrected chi connectivity index (χ3v) is 4.21. The summed E-state index contributed by atoms with van der Waals surface area (Å²) in [6.45, 7) is 2.51. The van der Waals surface area contributed by atoms with Crippen LogP contribution in [0.4, 0.5) is 4.39 Å². The molecule has 2 aromatic rings. The molecule has 1 aromatic carbocycles. The van der Waals surface area contributed by atoms with E-state index in [1.165, 1.54) is 6.07 Å². The third kappa shape index (κ3) is 2.75. The molecular formula is C16H17FN4O2. The molecule has 0 N–H and O–H groups in total. The summed E-state index contributed by atoms with van der Waals surface area (Å²) < 4.78 is 21.2. The van der Waals surface area contributed by atoms with Crippen molar-refractivity contribution in [2.75, 3.05) is 6.61 Å². The molecule has 1 unspecified atom stereocenters. The van der Waals surface area contributed by atoms with Gasteiger partial charge in [0.2, 0.25) is 0 Å². The van der Waals surface area contributed by atoms with Gasteiger partial charge in [-0.25, -0.2) is 4.39 Å². The number of nitrogens with zero attached hydrogens (tertiary/aromatic N) is 4. The van der Waals surface area contributed by atoms with E-state index in [4.69, 9.17) is 10.3 Å². The number of carbonyl (C=O) groups is 1. The molecule has 6 nitrogen and oxygen atoms in total. The Balaban J connectivity index is 2.12. The number of carbonyl (C=O) groups excluding carboxylic acids is 1. The number of rotatable bonds is 4. The van der Waals surface area contributed by atoms with Crippen molar-refractivity contribution in [3.8, 4) is 0 Å². The Hall–Kier alpha value is -2.53. The standard InChI is InChI=1S/C16H17FN4O2/c1-2-23-15(22)8-12-11-4-3-5-13(17)16(11)21-9-10(19-20-18)6-7-14(12)21/h3-5,10H,2,6-9H2,1H3. The second-order valence-corrected chi connectivity index (χ2v) is 5.55. The van der Waals surface area contributed by atoms with Crippen molar-refractivity contribution in [1.82, 2.24) is 4.57 Å². The first-order valence-electron chi connectivity index (χ1n) is 7.64. The van der Waals surface area contributed by atoms with Gasteiger partial charge in [-0.3, -0.25) is 4.79 Å². The lowest BCUT2D eigenvalue weighted by Crippen LogP contribution is -2.23. The minimum Gasteiger partial charge on any atom is -0.466 e. The number of para-hydroxylation sites is 1. The average Bonchev–Trinajstić information content (AvgIpc) is 2.83. The summed E-state index contributed by atoms with van der Waals surface area (Å²) in [6.07, 6.45) is 1.46. The Labute approximate surface area is 132 Å². The smallest absolute Gasteiger partial charge is 0.310 e. The van der Waals surface area contributed by atoms with Crippen molar-refractivity contribution in [2.24, 2.45) is 5.11 Å². The molecule has 0 fully saturated rings. The number of fused-ring (bicyclic) bond motifs is 3. The van der Waals surface area contributed by atoms with Gasteiger partial charge in [0.25, 0.3) is 0 Å². The highest BCUT2D eigenvalue weighted by atomic mass is 19.1. The van der Waals surface area contributed by atoms with Crippen molar-refractivity contribution >= 4 is 16.9 Å². The van der Waals surface area contributed by atoms with E-state index in [0.717, 1.165) is 16.6 Å². The lowest BCUT2D eigenvalue weighted by Gasteiger charge is -2.22. The molecule has 0 amide bonds. The molecule has 0 radical (unpaired) electrons. The van der Waals surface area contributed by atoms with Gasteiger partial charge in [-0.05, 0) is 36.9 Å². The zero-order valence-electron chi connectivity index (χ0n) is 12.8. The first-order chi connectivity index (χ1) is 11.2. The van der Waals surface area contributed by atoms with Gasteiger partial charge < -0.3 is 9.30 Å². The Morgan fingerprint density at radius 3 is 3.13 bits per heavy atom. The van der Waals surface area contributed by atoms with Crippen molar-refractivity contribution < 1.29 is 13.9 Å². The molecule has 0 saturated heterocycles. The van der Waals surface area contributed by atoms with E-state index >= 15 is 0 Å². The van der Waals surface area contributed by atoms with Crippen LogP contribution in [0.2, 0.25) is 0 Å². The highest BCUT2D eigenvalue weighted by Crippen LogP contribution is 2.33. The number of benzene rings is 1. The Bertz CT molecular complexity index is 808. The molecular weight excluding hydrogens is 299 g/mol. The molecule has 0 spiro atoms. The van der Waals surface area contributed by atoms with Crippen LogP contribution in [0.5, 0.6) is 0 Å². The number of aromatic nitrogens is 1. The topological polar surface area (TPSA) is 80.0 Å². The van der Waals surface area contributed by atoms with E-state index in [1.54, 1.807) is 13.0 Å². The molecule has 0 saturated carbocycles. The lowest BCUT2D eigenvalue weighted by atomic mass is 10.0. The summed E-state index contributed by atoms with van der Waals surface area (Å²) in [4.78, 5) is 14.8. The maximum absolute atomic E-state index is 14.3. The Morgan fingerprint density at radius 2 is 2.39 bits per heavy atom. The summed E-state index contributed by atoms with van der Waals surface area (Å²) in [5.41, 5.74) is 10.9. The van der Waals surface area contributed by atoms with Crippen LogP contribution in [0.15, 0.2) is 23.3 Å². The maximum atomic E-state index is 14.3. The van der Waals surface area contributed by atoms with E-state index < -0.39 is 0 Å². The highest BCUT2D eigenvalue weighted by Gasteiger charge is 2.26. The normalized spacial score (nSPS) is 16.7. The molecule has 1 atom stereocenters. The summed E-state index contributed by atoms with van der Waals surface area (Å²) in [6, 6.07) is 4.67. The fourth-order valence-corrected chi connectivity index (χ4v) is 3.30. The number of hydrogen-bond acceptors (Lipinski definition) is 3. The molecule has 2 heterocycles. The van der Waals surface area contributed by atoms with Gasteiger partial charge >= 0.3 is 5.97 Å². The predicted molar refractivity (Wildman–Crippen MR) is 83.5 cm³/mol. The quantitative estimate of drug-likeness (QED) is 0.374. The molecule has 1 aliphatic rings. The van der Waals surface area contributed by atoms with Crippen LogP contribution in [0, 0.1) is 5.82 Å². The van der Waals surface area contributed by atoms with Crippen LogP contribution >= 0.6 is 0 Å². The second-order valence-electron chi connectivity index (χ2n) is 5.55. The van der Waals surface area contributed by atoms with Gasteiger partial charge in [0.15, 0.2) is 0 Å². The summed E-state index contributed by atoms with van der Waals surface area (Å²) in [7, 11) is 0. The maximum Gasteiger partial charge on any atom is 0.310 e. The first-order valence-corrected chi connectivity index (χ1v) is 7.64. The average molecular weight is 316 g/mol. The van der Waals surface area contributed by atoms with Gasteiger partial charge in [0.05, 0.1) is 24.6 Å². The number of esters is 1. The van der Waals surface area contributed by atoms with Crippen LogP contribution in [0.3, 0.4) is 0 Å². The molecule has 1 aliphatic heterocycles. The second kappa shape index (κ2) is 6.30. The molecule has 0 bridgehead atoms. The Kier molecular flexibility index (Phi) is 4.21. The molecule has 7 heteroatoms. The first kappa shape index (κ1) is 15.4. The van der Waals surface area contributed by atoms with E-state index in [1.807, 2.05) is 10.6 Å². The fourth-order valence-electron chi connectivity index (χ4n) is 3.30. The van der Waals surface area contributed by atoms with Crippen LogP contribution in [0.1, 0.15) is 24.6 Å². The van der Waals surface area contributed by atoms with Crippen LogP contribution in [0.25, 0.3) is 21.3 Å². The minimum absolute atomic E-state index is 0.127. The fraction of sp³-hybridized carbons (Fsp3) is 0.438. The van der Waals surface area contributed by atoms with Gasteiger partial charge in [-0.15, -0.1) is 0 Å². The largest absolute Gasteiger partial charge is 0.466 e. The summed E-state index contributed by atoms with van der Waals surface area (Å²) in [5, 5.41) is 4.50. The van der Waals surface area contributed by atoms with Gasteiger partial charge in [-0.1, -0.05) is 17.2 Å². The van der Waals surface area contributed by atoms with Crippen molar-refractivity contribution in [2.45, 2.75) is 38.8 Å². The Morgan fingerprint density at radius 1 is 1.57 bits per heavy atom. The molecule has 0 aliphatic carbocycles. The third-order valence-electron chi connectivity index (χ3n) is 4.21. The van der Waals surface area contributed by atoms with Crippen molar-refractivity contribution in [1.29, 1.82) is 0 Å². The summed E-state index contributed by atoms with van der Waals surface area (Å²) in [5.74, 6) is -0.648. The zero-order valence-corrected chi connectivity index (χ0v) is 12.8. The molecule has 120 valence electrons. The molecule has 23 heavy (non-hydrogen) atoms. The van der Waals surface area contributed by atoms with Gasteiger partial charge in [0, 0.05) is 22.5 Å². The van der Waals surface area contributed by atoms with E-state index in [-0.39, 0.29) is 24.2 Å². The van der Waals surface area contributed by atoms with Gasteiger partial charge in [0.1, 0.15) is 5.82 Å². The van der Waals surface area contributed by atoms with E-state index in [0.29, 0.717) is 31.5 Å². The highest BCUT2D eigenvalue weighted by molar-refractivity contribution is 5.90. The van der Waals surface area contributed by atoms with Crippen molar-refractivity contribution in [3.63, 3.8) is 0 Å².